The number of fused-ring (bicyclic) bond motifs is 1. The molecule has 2 aromatic rings. The molecule has 3 rings (SSSR count). The van der Waals surface area contributed by atoms with E-state index in [0.29, 0.717) is 11.6 Å². The number of nitrogens with zero attached hydrogens (tertiary/aromatic N) is 2. The summed E-state index contributed by atoms with van der Waals surface area (Å²) in [6.45, 7) is 0.0862. The standard InChI is InChI=1S/C12H10N2O3/c15-6-12-13-4-3-9(14-12)8-1-2-10-11(5-8)17-7-16-10/h1-5,15H,6-7H2. The van der Waals surface area contributed by atoms with Crippen LogP contribution in [0.5, 0.6) is 11.5 Å². The van der Waals surface area contributed by atoms with Gasteiger partial charge in [0.25, 0.3) is 0 Å². The van der Waals surface area contributed by atoms with Crippen molar-refractivity contribution in [3.8, 4) is 22.8 Å². The number of benzene rings is 1. The van der Waals surface area contributed by atoms with Crippen molar-refractivity contribution >= 4 is 0 Å². The second-order valence-corrected chi connectivity index (χ2v) is 3.58. The summed E-state index contributed by atoms with van der Waals surface area (Å²) < 4.78 is 10.5. The fourth-order valence-corrected chi connectivity index (χ4v) is 1.69. The van der Waals surface area contributed by atoms with Crippen LogP contribution < -0.4 is 9.47 Å². The largest absolute Gasteiger partial charge is 0.454 e. The van der Waals surface area contributed by atoms with Crippen molar-refractivity contribution in [2.75, 3.05) is 6.79 Å². The Morgan fingerprint density at radius 1 is 1.18 bits per heavy atom. The van der Waals surface area contributed by atoms with E-state index in [1.165, 1.54) is 0 Å². The maximum Gasteiger partial charge on any atom is 0.231 e. The molecule has 1 aromatic heterocycles. The first-order valence-corrected chi connectivity index (χ1v) is 5.19. The molecule has 0 bridgehead atoms. The zero-order valence-electron chi connectivity index (χ0n) is 8.96. The highest BCUT2D eigenvalue weighted by molar-refractivity contribution is 5.64. The Kier molecular flexibility index (Phi) is 2.38. The minimum atomic E-state index is -0.168. The molecule has 2 heterocycles. The smallest absolute Gasteiger partial charge is 0.231 e. The lowest BCUT2D eigenvalue weighted by molar-refractivity contribution is 0.174. The Balaban J connectivity index is 2.03. The Bertz CT molecular complexity index is 557. The van der Waals surface area contributed by atoms with Crippen LogP contribution in [0.2, 0.25) is 0 Å². The quantitative estimate of drug-likeness (QED) is 0.844. The summed E-state index contributed by atoms with van der Waals surface area (Å²) in [5.41, 5.74) is 1.66. The lowest BCUT2D eigenvalue weighted by atomic mass is 10.1. The predicted octanol–water partition coefficient (Wildman–Crippen LogP) is 1.36. The van der Waals surface area contributed by atoms with E-state index in [1.807, 2.05) is 18.2 Å². The van der Waals surface area contributed by atoms with Gasteiger partial charge in [-0.1, -0.05) is 0 Å². The van der Waals surface area contributed by atoms with E-state index in [1.54, 1.807) is 12.3 Å². The Labute approximate surface area is 97.7 Å². The molecule has 0 atom stereocenters. The van der Waals surface area contributed by atoms with Gasteiger partial charge in [0.15, 0.2) is 17.3 Å². The molecule has 1 N–H and O–H groups in total. The number of hydrogen-bond donors (Lipinski definition) is 1. The molecule has 1 aliphatic heterocycles. The van der Waals surface area contributed by atoms with Crippen LogP contribution in [0.15, 0.2) is 30.5 Å². The van der Waals surface area contributed by atoms with Crippen LogP contribution in [0.1, 0.15) is 5.82 Å². The zero-order valence-corrected chi connectivity index (χ0v) is 8.96. The molecule has 0 saturated carbocycles. The van der Waals surface area contributed by atoms with E-state index < -0.39 is 0 Å². The summed E-state index contributed by atoms with van der Waals surface area (Å²) in [6, 6.07) is 7.40. The van der Waals surface area contributed by atoms with Gasteiger partial charge >= 0.3 is 0 Å². The van der Waals surface area contributed by atoms with Crippen LogP contribution in [0.3, 0.4) is 0 Å². The molecule has 5 nitrogen and oxygen atoms in total. The van der Waals surface area contributed by atoms with Gasteiger partial charge in [-0.2, -0.15) is 0 Å². The van der Waals surface area contributed by atoms with Gasteiger partial charge in [-0.15, -0.1) is 0 Å². The first kappa shape index (κ1) is 10.0. The molecule has 0 radical (unpaired) electrons. The van der Waals surface area contributed by atoms with E-state index in [2.05, 4.69) is 9.97 Å². The van der Waals surface area contributed by atoms with Crippen LogP contribution in [0.4, 0.5) is 0 Å². The van der Waals surface area contributed by atoms with Crippen molar-refractivity contribution in [1.29, 1.82) is 0 Å². The lowest BCUT2D eigenvalue weighted by Gasteiger charge is -2.03. The molecule has 86 valence electrons. The number of aliphatic hydroxyl groups excluding tert-OH is 1. The number of aromatic nitrogens is 2. The summed E-state index contributed by atoms with van der Waals surface area (Å²) in [5.74, 6) is 1.86. The average Bonchev–Trinajstić information content (AvgIpc) is 2.86. The van der Waals surface area contributed by atoms with E-state index >= 15 is 0 Å². The zero-order chi connectivity index (χ0) is 11.7. The molecular weight excluding hydrogens is 220 g/mol. The van der Waals surface area contributed by atoms with Crippen molar-refractivity contribution in [3.05, 3.63) is 36.3 Å². The number of hydrogen-bond acceptors (Lipinski definition) is 5. The van der Waals surface area contributed by atoms with Gasteiger partial charge < -0.3 is 14.6 Å². The van der Waals surface area contributed by atoms with Gasteiger partial charge in [-0.05, 0) is 24.3 Å². The number of ether oxygens (including phenoxy) is 2. The predicted molar refractivity (Wildman–Crippen MR) is 59.5 cm³/mol. The Morgan fingerprint density at radius 3 is 2.94 bits per heavy atom. The van der Waals surface area contributed by atoms with E-state index in [9.17, 15) is 0 Å². The van der Waals surface area contributed by atoms with Crippen molar-refractivity contribution in [2.45, 2.75) is 6.61 Å². The van der Waals surface area contributed by atoms with E-state index in [4.69, 9.17) is 14.6 Å². The summed E-state index contributed by atoms with van der Waals surface area (Å²) >= 11 is 0. The number of aliphatic hydroxyl groups is 1. The Morgan fingerprint density at radius 2 is 2.06 bits per heavy atom. The summed E-state index contributed by atoms with van der Waals surface area (Å²) in [7, 11) is 0. The van der Waals surface area contributed by atoms with Crippen molar-refractivity contribution in [3.63, 3.8) is 0 Å². The van der Waals surface area contributed by atoms with Crippen LogP contribution in [0.25, 0.3) is 11.3 Å². The van der Waals surface area contributed by atoms with Gasteiger partial charge in [0.1, 0.15) is 6.61 Å². The second kappa shape index (κ2) is 4.03. The maximum atomic E-state index is 8.99. The summed E-state index contributed by atoms with van der Waals surface area (Å²) in [6.07, 6.45) is 1.62. The average molecular weight is 230 g/mol. The first-order chi connectivity index (χ1) is 8.36. The van der Waals surface area contributed by atoms with Crippen molar-refractivity contribution in [1.82, 2.24) is 9.97 Å². The molecule has 0 aliphatic carbocycles. The van der Waals surface area contributed by atoms with Gasteiger partial charge in [-0.3, -0.25) is 0 Å². The Hall–Kier alpha value is -2.14. The fraction of sp³-hybridized carbons (Fsp3) is 0.167. The van der Waals surface area contributed by atoms with E-state index in [-0.39, 0.29) is 13.4 Å². The monoisotopic (exact) mass is 230 g/mol. The second-order valence-electron chi connectivity index (χ2n) is 3.58. The van der Waals surface area contributed by atoms with Gasteiger partial charge in [0.2, 0.25) is 6.79 Å². The third kappa shape index (κ3) is 1.81. The molecule has 1 aromatic carbocycles. The van der Waals surface area contributed by atoms with Crippen molar-refractivity contribution < 1.29 is 14.6 Å². The lowest BCUT2D eigenvalue weighted by Crippen LogP contribution is -1.95. The topological polar surface area (TPSA) is 64.5 Å². The van der Waals surface area contributed by atoms with E-state index in [0.717, 1.165) is 17.0 Å². The number of rotatable bonds is 2. The summed E-state index contributed by atoms with van der Waals surface area (Å²) in [5, 5.41) is 8.99. The minimum Gasteiger partial charge on any atom is -0.454 e. The third-order valence-electron chi connectivity index (χ3n) is 2.52. The molecule has 0 fully saturated rings. The molecule has 0 amide bonds. The first-order valence-electron chi connectivity index (χ1n) is 5.19. The highest BCUT2D eigenvalue weighted by Crippen LogP contribution is 2.35. The summed E-state index contributed by atoms with van der Waals surface area (Å²) in [4.78, 5) is 8.17. The SMILES string of the molecule is OCc1nccc(-c2ccc3c(c2)OCO3)n1. The third-order valence-corrected chi connectivity index (χ3v) is 2.52. The van der Waals surface area contributed by atoms with Crippen LogP contribution in [-0.4, -0.2) is 21.9 Å². The highest BCUT2D eigenvalue weighted by Gasteiger charge is 2.14. The molecule has 1 aliphatic rings. The molecule has 0 saturated heterocycles. The normalized spacial score (nSPS) is 12.8. The highest BCUT2D eigenvalue weighted by atomic mass is 16.7. The van der Waals surface area contributed by atoms with Crippen LogP contribution in [-0.2, 0) is 6.61 Å². The maximum absolute atomic E-state index is 8.99. The van der Waals surface area contributed by atoms with Crippen molar-refractivity contribution in [2.24, 2.45) is 0 Å². The van der Waals surface area contributed by atoms with Gasteiger partial charge in [0, 0.05) is 11.8 Å². The fourth-order valence-electron chi connectivity index (χ4n) is 1.69. The molecule has 17 heavy (non-hydrogen) atoms. The molecule has 0 spiro atoms. The van der Waals surface area contributed by atoms with Crippen LogP contribution >= 0.6 is 0 Å². The van der Waals surface area contributed by atoms with Gasteiger partial charge in [0.05, 0.1) is 5.69 Å². The molecular formula is C12H10N2O3. The van der Waals surface area contributed by atoms with Crippen LogP contribution in [0, 0.1) is 0 Å². The molecule has 0 unspecified atom stereocenters. The van der Waals surface area contributed by atoms with Gasteiger partial charge in [-0.25, -0.2) is 9.97 Å². The molecule has 5 heteroatoms. The minimum absolute atomic E-state index is 0.168.